The number of amides is 1. The molecule has 0 spiro atoms. The van der Waals surface area contributed by atoms with E-state index in [0.717, 1.165) is 26.6 Å². The molecule has 0 aliphatic rings. The Kier molecular flexibility index (Phi) is 6.34. The minimum absolute atomic E-state index is 0.0515. The minimum Gasteiger partial charge on any atom is -0.341 e. The fourth-order valence-electron chi connectivity index (χ4n) is 2.60. The van der Waals surface area contributed by atoms with Crippen LogP contribution in [0.1, 0.15) is 11.1 Å². The summed E-state index contributed by atoms with van der Waals surface area (Å²) in [4.78, 5) is 14.2. The summed E-state index contributed by atoms with van der Waals surface area (Å²) in [5.41, 5.74) is 3.30. The van der Waals surface area contributed by atoms with E-state index in [1.54, 1.807) is 4.90 Å². The van der Waals surface area contributed by atoms with Crippen molar-refractivity contribution in [3.8, 4) is 11.4 Å². The second-order valence-corrected chi connectivity index (χ2v) is 8.16. The summed E-state index contributed by atoms with van der Waals surface area (Å²) in [6.45, 7) is 2.62. The SMILES string of the molecule is Cc1ccc(-c2nnc(SCC(=O)N(C)Cc3ccccc3Br)n2C)cc1. The zero-order valence-corrected chi connectivity index (χ0v) is 17.9. The third kappa shape index (κ3) is 4.78. The first-order valence-electron chi connectivity index (χ1n) is 8.52. The maximum absolute atomic E-state index is 12.5. The van der Waals surface area contributed by atoms with Gasteiger partial charge in [-0.25, -0.2) is 0 Å². The lowest BCUT2D eigenvalue weighted by Crippen LogP contribution is -2.28. The number of hydrogen-bond donors (Lipinski definition) is 0. The van der Waals surface area contributed by atoms with Gasteiger partial charge in [-0.2, -0.15) is 0 Å². The zero-order valence-electron chi connectivity index (χ0n) is 15.5. The number of carbonyl (C=O) groups is 1. The van der Waals surface area contributed by atoms with E-state index in [1.165, 1.54) is 17.3 Å². The molecule has 0 atom stereocenters. The van der Waals surface area contributed by atoms with Crippen LogP contribution in [0.25, 0.3) is 11.4 Å². The van der Waals surface area contributed by atoms with Crippen molar-refractivity contribution in [3.63, 3.8) is 0 Å². The van der Waals surface area contributed by atoms with E-state index in [9.17, 15) is 4.79 Å². The molecular weight excluding hydrogens is 424 g/mol. The van der Waals surface area contributed by atoms with Gasteiger partial charge in [-0.05, 0) is 18.6 Å². The van der Waals surface area contributed by atoms with Gasteiger partial charge in [-0.1, -0.05) is 75.7 Å². The average molecular weight is 445 g/mol. The van der Waals surface area contributed by atoms with Gasteiger partial charge in [0.15, 0.2) is 11.0 Å². The molecule has 0 saturated heterocycles. The molecule has 0 aliphatic heterocycles. The van der Waals surface area contributed by atoms with Crippen molar-refractivity contribution in [1.82, 2.24) is 19.7 Å². The molecule has 1 amide bonds. The number of halogens is 1. The molecule has 7 heteroatoms. The molecule has 0 aliphatic carbocycles. The van der Waals surface area contributed by atoms with E-state index < -0.39 is 0 Å². The molecule has 27 heavy (non-hydrogen) atoms. The van der Waals surface area contributed by atoms with Gasteiger partial charge >= 0.3 is 0 Å². The van der Waals surface area contributed by atoms with Crippen molar-refractivity contribution in [2.45, 2.75) is 18.6 Å². The molecule has 0 saturated carbocycles. The van der Waals surface area contributed by atoms with Crippen molar-refractivity contribution in [3.05, 3.63) is 64.1 Å². The van der Waals surface area contributed by atoms with Crippen LogP contribution in [-0.4, -0.2) is 38.4 Å². The van der Waals surface area contributed by atoms with Crippen LogP contribution in [0.3, 0.4) is 0 Å². The van der Waals surface area contributed by atoms with Gasteiger partial charge < -0.3 is 9.47 Å². The Bertz CT molecular complexity index is 939. The van der Waals surface area contributed by atoms with Crippen LogP contribution in [0.15, 0.2) is 58.2 Å². The second kappa shape index (κ2) is 8.71. The van der Waals surface area contributed by atoms with Gasteiger partial charge in [0.2, 0.25) is 5.91 Å². The van der Waals surface area contributed by atoms with E-state index in [4.69, 9.17) is 0 Å². The number of hydrogen-bond acceptors (Lipinski definition) is 4. The molecule has 0 N–H and O–H groups in total. The maximum atomic E-state index is 12.5. The monoisotopic (exact) mass is 444 g/mol. The summed E-state index contributed by atoms with van der Waals surface area (Å²) in [6.07, 6.45) is 0. The molecule has 0 bridgehead atoms. The second-order valence-electron chi connectivity index (χ2n) is 6.36. The number of carbonyl (C=O) groups excluding carboxylic acids is 1. The van der Waals surface area contributed by atoms with Gasteiger partial charge in [-0.3, -0.25) is 4.79 Å². The molecule has 3 aromatic rings. The number of benzene rings is 2. The largest absolute Gasteiger partial charge is 0.341 e. The highest BCUT2D eigenvalue weighted by atomic mass is 79.9. The Morgan fingerprint density at radius 2 is 1.85 bits per heavy atom. The first-order valence-corrected chi connectivity index (χ1v) is 10.3. The lowest BCUT2D eigenvalue weighted by Gasteiger charge is -2.17. The Labute approximate surface area is 171 Å². The molecular formula is C20H21BrN4OS. The van der Waals surface area contributed by atoms with E-state index >= 15 is 0 Å². The topological polar surface area (TPSA) is 51.0 Å². The molecule has 2 aromatic carbocycles. The van der Waals surface area contributed by atoms with Crippen molar-refractivity contribution in [1.29, 1.82) is 0 Å². The highest BCUT2D eigenvalue weighted by molar-refractivity contribution is 9.10. The fraction of sp³-hybridized carbons (Fsp3) is 0.250. The molecule has 140 valence electrons. The van der Waals surface area contributed by atoms with E-state index in [0.29, 0.717) is 12.3 Å². The van der Waals surface area contributed by atoms with E-state index in [1.807, 2.05) is 55.1 Å². The standard InChI is InChI=1S/C20H21BrN4OS/c1-14-8-10-15(11-9-14)19-22-23-20(25(19)3)27-13-18(26)24(2)12-16-6-4-5-7-17(16)21/h4-11H,12-13H2,1-3H3. The minimum atomic E-state index is 0.0515. The Morgan fingerprint density at radius 3 is 2.56 bits per heavy atom. The van der Waals surface area contributed by atoms with Crippen molar-refractivity contribution in [2.75, 3.05) is 12.8 Å². The van der Waals surface area contributed by atoms with Crippen LogP contribution < -0.4 is 0 Å². The number of aryl methyl sites for hydroxylation is 1. The van der Waals surface area contributed by atoms with Crippen LogP contribution in [0.4, 0.5) is 0 Å². The number of nitrogens with zero attached hydrogens (tertiary/aromatic N) is 4. The summed E-state index contributed by atoms with van der Waals surface area (Å²) in [7, 11) is 3.74. The third-order valence-electron chi connectivity index (χ3n) is 4.26. The Hall–Kier alpha value is -2.12. The first-order chi connectivity index (χ1) is 13.0. The van der Waals surface area contributed by atoms with Crippen LogP contribution in [0.2, 0.25) is 0 Å². The highest BCUT2D eigenvalue weighted by Crippen LogP contribution is 2.23. The van der Waals surface area contributed by atoms with Gasteiger partial charge in [0.05, 0.1) is 5.75 Å². The highest BCUT2D eigenvalue weighted by Gasteiger charge is 2.15. The summed E-state index contributed by atoms with van der Waals surface area (Å²) >= 11 is 4.93. The maximum Gasteiger partial charge on any atom is 0.233 e. The quantitative estimate of drug-likeness (QED) is 0.531. The predicted octanol–water partition coefficient (Wildman–Crippen LogP) is 4.30. The lowest BCUT2D eigenvalue weighted by atomic mass is 10.1. The fourth-order valence-corrected chi connectivity index (χ4v) is 3.86. The average Bonchev–Trinajstić information content (AvgIpc) is 3.03. The predicted molar refractivity (Wildman–Crippen MR) is 113 cm³/mol. The lowest BCUT2D eigenvalue weighted by molar-refractivity contribution is -0.127. The summed E-state index contributed by atoms with van der Waals surface area (Å²) in [6, 6.07) is 16.1. The van der Waals surface area contributed by atoms with E-state index in [-0.39, 0.29) is 5.91 Å². The third-order valence-corrected chi connectivity index (χ3v) is 6.04. The van der Waals surface area contributed by atoms with Crippen LogP contribution in [0, 0.1) is 6.92 Å². The van der Waals surface area contributed by atoms with Gasteiger partial charge in [0.25, 0.3) is 0 Å². The molecule has 1 heterocycles. The molecule has 0 fully saturated rings. The van der Waals surface area contributed by atoms with Gasteiger partial charge in [-0.15, -0.1) is 10.2 Å². The summed E-state index contributed by atoms with van der Waals surface area (Å²) in [5, 5.41) is 9.25. The first kappa shape index (κ1) is 19.6. The molecule has 0 unspecified atom stereocenters. The van der Waals surface area contributed by atoms with Crippen molar-refractivity contribution in [2.24, 2.45) is 7.05 Å². The molecule has 3 rings (SSSR count). The molecule has 0 radical (unpaired) electrons. The van der Waals surface area contributed by atoms with Crippen molar-refractivity contribution >= 4 is 33.6 Å². The Morgan fingerprint density at radius 1 is 1.15 bits per heavy atom. The molecule has 1 aromatic heterocycles. The van der Waals surface area contributed by atoms with Crippen LogP contribution in [0.5, 0.6) is 0 Å². The van der Waals surface area contributed by atoms with Gasteiger partial charge in [0.1, 0.15) is 0 Å². The Balaban J connectivity index is 1.62. The summed E-state index contributed by atoms with van der Waals surface area (Å²) in [5.74, 6) is 1.17. The number of thioether (sulfide) groups is 1. The zero-order chi connectivity index (χ0) is 19.4. The van der Waals surface area contributed by atoms with Crippen LogP contribution >= 0.6 is 27.7 Å². The van der Waals surface area contributed by atoms with Crippen molar-refractivity contribution < 1.29 is 4.79 Å². The van der Waals surface area contributed by atoms with Crippen LogP contribution in [-0.2, 0) is 18.4 Å². The number of aromatic nitrogens is 3. The normalized spacial score (nSPS) is 10.8. The molecule has 5 nitrogen and oxygen atoms in total. The smallest absolute Gasteiger partial charge is 0.233 e. The van der Waals surface area contributed by atoms with E-state index in [2.05, 4.69) is 45.2 Å². The number of rotatable bonds is 6. The van der Waals surface area contributed by atoms with Gasteiger partial charge in [0, 0.05) is 30.7 Å². The summed E-state index contributed by atoms with van der Waals surface area (Å²) < 4.78 is 2.93.